The molecule has 0 rings (SSSR count). The number of hydrogen-bond donors (Lipinski definition) is 0. The highest BCUT2D eigenvalue weighted by molar-refractivity contribution is 5.71. The summed E-state index contributed by atoms with van der Waals surface area (Å²) in [5, 5.41) is 0. The molecule has 6 heteroatoms. The number of allylic oxidation sites excluding steroid dienone is 14. The molecule has 0 N–H and O–H groups in total. The molecule has 0 fully saturated rings. The van der Waals surface area contributed by atoms with Crippen molar-refractivity contribution in [2.75, 3.05) is 13.2 Å². The van der Waals surface area contributed by atoms with E-state index in [1.807, 2.05) is 24.3 Å². The molecule has 64 heavy (non-hydrogen) atoms. The second-order valence-corrected chi connectivity index (χ2v) is 17.5. The van der Waals surface area contributed by atoms with Crippen molar-refractivity contribution in [2.24, 2.45) is 0 Å². The van der Waals surface area contributed by atoms with Crippen LogP contribution in [0.5, 0.6) is 0 Å². The minimum Gasteiger partial charge on any atom is -0.462 e. The molecular formula is C58H98O6. The highest BCUT2D eigenvalue weighted by atomic mass is 16.6. The van der Waals surface area contributed by atoms with Gasteiger partial charge in [0.2, 0.25) is 0 Å². The van der Waals surface area contributed by atoms with Gasteiger partial charge in [-0.1, -0.05) is 247 Å². The van der Waals surface area contributed by atoms with E-state index in [9.17, 15) is 14.4 Å². The van der Waals surface area contributed by atoms with Crippen molar-refractivity contribution in [2.45, 2.75) is 252 Å². The molecular weight excluding hydrogens is 793 g/mol. The fourth-order valence-corrected chi connectivity index (χ4v) is 7.27. The molecule has 0 aromatic carbocycles. The molecule has 0 heterocycles. The number of carbonyl (C=O) groups excluding carboxylic acids is 3. The average Bonchev–Trinajstić information content (AvgIpc) is 3.29. The molecule has 0 aromatic rings. The highest BCUT2D eigenvalue weighted by Gasteiger charge is 2.19. The van der Waals surface area contributed by atoms with Gasteiger partial charge in [0.1, 0.15) is 13.2 Å². The first-order valence-electron chi connectivity index (χ1n) is 26.7. The maximum Gasteiger partial charge on any atom is 0.306 e. The predicted octanol–water partition coefficient (Wildman–Crippen LogP) is 17.6. The van der Waals surface area contributed by atoms with E-state index in [1.54, 1.807) is 0 Å². The lowest BCUT2D eigenvalue weighted by atomic mass is 10.0. The molecule has 1 atom stereocenters. The lowest BCUT2D eigenvalue weighted by Gasteiger charge is -2.18. The first kappa shape index (κ1) is 60.6. The van der Waals surface area contributed by atoms with Crippen LogP contribution in [-0.4, -0.2) is 37.2 Å². The summed E-state index contributed by atoms with van der Waals surface area (Å²) >= 11 is 0. The zero-order valence-corrected chi connectivity index (χ0v) is 41.8. The van der Waals surface area contributed by atoms with Crippen LogP contribution in [0, 0.1) is 0 Å². The molecule has 6 nitrogen and oxygen atoms in total. The summed E-state index contributed by atoms with van der Waals surface area (Å²) < 4.78 is 16.8. The van der Waals surface area contributed by atoms with Crippen LogP contribution in [0.15, 0.2) is 85.1 Å². The predicted molar refractivity (Wildman–Crippen MR) is 274 cm³/mol. The third-order valence-corrected chi connectivity index (χ3v) is 11.2. The summed E-state index contributed by atoms with van der Waals surface area (Å²) in [4.78, 5) is 38.0. The van der Waals surface area contributed by atoms with Gasteiger partial charge < -0.3 is 14.2 Å². The Morgan fingerprint density at radius 3 is 1.14 bits per heavy atom. The van der Waals surface area contributed by atoms with Gasteiger partial charge in [-0.3, -0.25) is 14.4 Å². The molecule has 0 bridgehead atoms. The van der Waals surface area contributed by atoms with Gasteiger partial charge in [0.05, 0.1) is 0 Å². The second-order valence-electron chi connectivity index (χ2n) is 17.5. The summed E-state index contributed by atoms with van der Waals surface area (Å²) in [5.41, 5.74) is 0. The third-order valence-electron chi connectivity index (χ3n) is 11.2. The van der Waals surface area contributed by atoms with Gasteiger partial charge in [0.15, 0.2) is 6.10 Å². The summed E-state index contributed by atoms with van der Waals surface area (Å²) in [6, 6.07) is 0. The number of rotatable bonds is 47. The first-order chi connectivity index (χ1) is 31.5. The van der Waals surface area contributed by atoms with Gasteiger partial charge in [0, 0.05) is 19.3 Å². The van der Waals surface area contributed by atoms with Crippen LogP contribution in [-0.2, 0) is 28.6 Å². The van der Waals surface area contributed by atoms with Crippen molar-refractivity contribution < 1.29 is 28.6 Å². The second kappa shape index (κ2) is 52.2. The minimum absolute atomic E-state index is 0.0914. The molecule has 366 valence electrons. The maximum atomic E-state index is 12.8. The molecule has 0 aliphatic rings. The minimum atomic E-state index is -0.791. The molecule has 0 spiro atoms. The van der Waals surface area contributed by atoms with E-state index in [4.69, 9.17) is 14.2 Å². The van der Waals surface area contributed by atoms with E-state index in [0.29, 0.717) is 19.3 Å². The van der Waals surface area contributed by atoms with Gasteiger partial charge in [-0.15, -0.1) is 0 Å². The molecule has 0 amide bonds. The van der Waals surface area contributed by atoms with E-state index in [-0.39, 0.29) is 31.1 Å². The Kier molecular flexibility index (Phi) is 49.4. The van der Waals surface area contributed by atoms with Crippen LogP contribution < -0.4 is 0 Å². The molecule has 0 saturated carbocycles. The highest BCUT2D eigenvalue weighted by Crippen LogP contribution is 2.15. The Balaban J connectivity index is 4.43. The lowest BCUT2D eigenvalue weighted by Crippen LogP contribution is -2.30. The van der Waals surface area contributed by atoms with Crippen molar-refractivity contribution in [1.82, 2.24) is 0 Å². The van der Waals surface area contributed by atoms with Crippen molar-refractivity contribution >= 4 is 17.9 Å². The maximum absolute atomic E-state index is 12.8. The molecule has 0 saturated heterocycles. The summed E-state index contributed by atoms with van der Waals surface area (Å²) in [5.74, 6) is -0.927. The number of hydrogen-bond acceptors (Lipinski definition) is 6. The SMILES string of the molecule is CC/C=C\C/C=C\CCCCCCCC(=O)OCC(COC(=O)CCCCCCC\C=C/C=C\C=C/C=C\C=C/CCC)OC(=O)CCCCCCCCCCCCCCCCCC. The Morgan fingerprint density at radius 2 is 0.703 bits per heavy atom. The smallest absolute Gasteiger partial charge is 0.306 e. The largest absolute Gasteiger partial charge is 0.462 e. The van der Waals surface area contributed by atoms with Crippen LogP contribution >= 0.6 is 0 Å². The van der Waals surface area contributed by atoms with Crippen LogP contribution in [0.1, 0.15) is 245 Å². The van der Waals surface area contributed by atoms with Crippen molar-refractivity contribution in [3.05, 3.63) is 85.1 Å². The average molecular weight is 891 g/mol. The standard InChI is InChI=1S/C58H98O6/c1-4-7-10-13-16-19-22-25-27-29-30-32-33-36-39-42-45-48-51-57(60)63-54-55(53-62-56(59)50-47-44-41-38-35-24-21-18-15-12-9-6-3)64-58(61)52-49-46-43-40-37-34-31-28-26-23-20-17-14-11-8-5-2/h9-10,12-13,16,18-19,21-22,25,27,29-30,32,55H,4-8,11,14-15,17,20,23-24,26,28,31,33-54H2,1-3H3/b12-9-,13-10-,19-16-,21-18-,25-22-,29-27-,32-30-. The quantitative estimate of drug-likeness (QED) is 0.0199. The van der Waals surface area contributed by atoms with Crippen LogP contribution in [0.25, 0.3) is 0 Å². The fraction of sp³-hybridized carbons (Fsp3) is 0.707. The number of esters is 3. The topological polar surface area (TPSA) is 78.9 Å². The van der Waals surface area contributed by atoms with E-state index >= 15 is 0 Å². The number of ether oxygens (including phenoxy) is 3. The Hall–Kier alpha value is -3.41. The van der Waals surface area contributed by atoms with Crippen LogP contribution in [0.3, 0.4) is 0 Å². The number of unbranched alkanes of at least 4 members (excludes halogenated alkanes) is 26. The molecule has 1 unspecified atom stereocenters. The Bertz CT molecular complexity index is 1250. The van der Waals surface area contributed by atoms with Gasteiger partial charge in [-0.2, -0.15) is 0 Å². The van der Waals surface area contributed by atoms with Crippen LogP contribution in [0.4, 0.5) is 0 Å². The van der Waals surface area contributed by atoms with Gasteiger partial charge >= 0.3 is 17.9 Å². The van der Waals surface area contributed by atoms with Gasteiger partial charge in [-0.25, -0.2) is 0 Å². The Labute approximate surface area is 395 Å². The normalized spacial score (nSPS) is 12.7. The molecule has 0 aliphatic heterocycles. The van der Waals surface area contributed by atoms with Gasteiger partial charge in [0.25, 0.3) is 0 Å². The van der Waals surface area contributed by atoms with Crippen molar-refractivity contribution in [3.63, 3.8) is 0 Å². The Morgan fingerprint density at radius 1 is 0.344 bits per heavy atom. The van der Waals surface area contributed by atoms with E-state index in [2.05, 4.69) is 81.5 Å². The molecule has 0 aliphatic carbocycles. The van der Waals surface area contributed by atoms with E-state index in [1.165, 1.54) is 89.9 Å². The van der Waals surface area contributed by atoms with Gasteiger partial charge in [-0.05, 0) is 64.2 Å². The van der Waals surface area contributed by atoms with Crippen molar-refractivity contribution in [3.8, 4) is 0 Å². The van der Waals surface area contributed by atoms with E-state index in [0.717, 1.165) is 116 Å². The first-order valence-corrected chi connectivity index (χ1v) is 26.7. The molecule has 0 aromatic heterocycles. The zero-order valence-electron chi connectivity index (χ0n) is 41.8. The van der Waals surface area contributed by atoms with E-state index < -0.39 is 6.10 Å². The summed E-state index contributed by atoms with van der Waals surface area (Å²) in [6.07, 6.45) is 67.0. The fourth-order valence-electron chi connectivity index (χ4n) is 7.27. The lowest BCUT2D eigenvalue weighted by molar-refractivity contribution is -0.167. The number of carbonyl (C=O) groups is 3. The summed E-state index contributed by atoms with van der Waals surface area (Å²) in [7, 11) is 0. The molecule has 0 radical (unpaired) electrons. The van der Waals surface area contributed by atoms with Crippen molar-refractivity contribution in [1.29, 1.82) is 0 Å². The third kappa shape index (κ3) is 49.6. The summed E-state index contributed by atoms with van der Waals surface area (Å²) in [6.45, 7) is 6.41. The van der Waals surface area contributed by atoms with Crippen LogP contribution in [0.2, 0.25) is 0 Å². The zero-order chi connectivity index (χ0) is 46.5. The monoisotopic (exact) mass is 891 g/mol.